The van der Waals surface area contributed by atoms with Gasteiger partial charge < -0.3 is 24.4 Å². The number of aliphatic hydroxyl groups excluding tert-OH is 1. The first kappa shape index (κ1) is 25.3. The number of ether oxygens (including phenoxy) is 2. The lowest BCUT2D eigenvalue weighted by molar-refractivity contribution is -0.140. The van der Waals surface area contributed by atoms with Crippen molar-refractivity contribution in [3.05, 3.63) is 64.7 Å². The van der Waals surface area contributed by atoms with Crippen molar-refractivity contribution in [2.24, 2.45) is 0 Å². The van der Waals surface area contributed by atoms with E-state index in [1.165, 1.54) is 4.90 Å². The normalized spacial score (nSPS) is 17.9. The standard InChI is InChI=1S/C27H34N2O5/c1-27(2,3)20-16-18(10-13-21(20)34-7)24(30)22-23(17-8-11-19(12-9-17)28(4)5)29(14-15-33-6)26(32)25(22)31/h8-13,16,23,30H,14-15H2,1-7H3/b24-22-. The number of hydrogen-bond acceptors (Lipinski definition) is 6. The Kier molecular flexibility index (Phi) is 7.36. The monoisotopic (exact) mass is 466 g/mol. The van der Waals surface area contributed by atoms with E-state index in [-0.39, 0.29) is 29.9 Å². The fraction of sp³-hybridized carbons (Fsp3) is 0.407. The molecule has 34 heavy (non-hydrogen) atoms. The molecule has 0 radical (unpaired) electrons. The summed E-state index contributed by atoms with van der Waals surface area (Å²) < 4.78 is 10.7. The molecule has 0 saturated carbocycles. The van der Waals surface area contributed by atoms with E-state index in [0.29, 0.717) is 11.3 Å². The van der Waals surface area contributed by atoms with Crippen LogP contribution in [0.2, 0.25) is 0 Å². The van der Waals surface area contributed by atoms with E-state index >= 15 is 0 Å². The first-order valence-corrected chi connectivity index (χ1v) is 11.2. The van der Waals surface area contributed by atoms with Gasteiger partial charge in [0.1, 0.15) is 11.5 Å². The molecule has 0 aliphatic carbocycles. The highest BCUT2D eigenvalue weighted by atomic mass is 16.5. The second-order valence-electron chi connectivity index (χ2n) is 9.64. The van der Waals surface area contributed by atoms with Crippen LogP contribution in [0.3, 0.4) is 0 Å². The van der Waals surface area contributed by atoms with Gasteiger partial charge >= 0.3 is 0 Å². The fourth-order valence-electron chi connectivity index (χ4n) is 4.20. The van der Waals surface area contributed by atoms with E-state index in [1.54, 1.807) is 26.4 Å². The predicted molar refractivity (Wildman–Crippen MR) is 133 cm³/mol. The van der Waals surface area contributed by atoms with Gasteiger partial charge in [-0.2, -0.15) is 0 Å². The van der Waals surface area contributed by atoms with Gasteiger partial charge in [-0.25, -0.2) is 0 Å². The van der Waals surface area contributed by atoms with Gasteiger partial charge in [-0.15, -0.1) is 0 Å². The SMILES string of the molecule is COCCN1C(=O)C(=O)/C(=C(\O)c2ccc(OC)c(C(C)(C)C)c2)C1c1ccc(N(C)C)cc1. The number of methoxy groups -OCH3 is 2. The number of carbonyl (C=O) groups excluding carboxylic acids is 2. The molecule has 0 bridgehead atoms. The maximum atomic E-state index is 13.2. The van der Waals surface area contributed by atoms with Crippen LogP contribution in [0.15, 0.2) is 48.0 Å². The molecular formula is C27H34N2O5. The van der Waals surface area contributed by atoms with E-state index in [9.17, 15) is 14.7 Å². The maximum Gasteiger partial charge on any atom is 0.295 e. The summed E-state index contributed by atoms with van der Waals surface area (Å²) in [6.45, 7) is 6.64. The highest BCUT2D eigenvalue weighted by Crippen LogP contribution is 2.41. The van der Waals surface area contributed by atoms with Gasteiger partial charge in [-0.05, 0) is 41.3 Å². The van der Waals surface area contributed by atoms with Crippen LogP contribution in [0.1, 0.15) is 43.5 Å². The lowest BCUT2D eigenvalue weighted by atomic mass is 9.84. The first-order valence-electron chi connectivity index (χ1n) is 11.2. The number of anilines is 1. The maximum absolute atomic E-state index is 13.2. The molecule has 2 aromatic carbocycles. The highest BCUT2D eigenvalue weighted by Gasteiger charge is 2.46. The molecule has 0 spiro atoms. The summed E-state index contributed by atoms with van der Waals surface area (Å²) in [7, 11) is 7.03. The van der Waals surface area contributed by atoms with Crippen LogP contribution in [0.5, 0.6) is 5.75 Å². The molecule has 182 valence electrons. The molecule has 7 nitrogen and oxygen atoms in total. The highest BCUT2D eigenvalue weighted by molar-refractivity contribution is 6.46. The summed E-state index contributed by atoms with van der Waals surface area (Å²) in [4.78, 5) is 29.6. The van der Waals surface area contributed by atoms with Crippen LogP contribution >= 0.6 is 0 Å². The fourth-order valence-corrected chi connectivity index (χ4v) is 4.20. The lowest BCUT2D eigenvalue weighted by Gasteiger charge is -2.26. The summed E-state index contributed by atoms with van der Waals surface area (Å²) in [5.41, 5.74) is 2.90. The number of rotatable bonds is 7. The van der Waals surface area contributed by atoms with Crippen LogP contribution in [-0.4, -0.2) is 63.2 Å². The average Bonchev–Trinajstić information content (AvgIpc) is 3.06. The molecule has 1 saturated heterocycles. The van der Waals surface area contributed by atoms with E-state index in [2.05, 4.69) is 0 Å². The summed E-state index contributed by atoms with van der Waals surface area (Å²) in [6, 6.07) is 12.2. The molecule has 1 fully saturated rings. The number of hydrogen-bond donors (Lipinski definition) is 1. The summed E-state index contributed by atoms with van der Waals surface area (Å²) in [5.74, 6) is -0.859. The van der Waals surface area contributed by atoms with Crippen molar-refractivity contribution in [2.45, 2.75) is 32.2 Å². The van der Waals surface area contributed by atoms with Crippen molar-refractivity contribution in [1.29, 1.82) is 0 Å². The van der Waals surface area contributed by atoms with Crippen LogP contribution in [0, 0.1) is 0 Å². The van der Waals surface area contributed by atoms with Crippen LogP contribution in [0.4, 0.5) is 5.69 Å². The Labute approximate surface area is 201 Å². The van der Waals surface area contributed by atoms with Crippen LogP contribution < -0.4 is 9.64 Å². The average molecular weight is 467 g/mol. The molecule has 2 aromatic rings. The Balaban J connectivity index is 2.19. The van der Waals surface area contributed by atoms with Crippen molar-refractivity contribution in [2.75, 3.05) is 46.4 Å². The second-order valence-corrected chi connectivity index (χ2v) is 9.64. The summed E-state index contributed by atoms with van der Waals surface area (Å²) in [5, 5.41) is 11.4. The number of nitrogens with zero attached hydrogens (tertiary/aromatic N) is 2. The summed E-state index contributed by atoms with van der Waals surface area (Å²) in [6.07, 6.45) is 0. The largest absolute Gasteiger partial charge is 0.507 e. The van der Waals surface area contributed by atoms with Gasteiger partial charge in [0.2, 0.25) is 0 Å². The lowest BCUT2D eigenvalue weighted by Crippen LogP contribution is -2.32. The Morgan fingerprint density at radius 3 is 2.24 bits per heavy atom. The Hall–Kier alpha value is -3.32. The number of amides is 1. The molecule has 1 N–H and O–H groups in total. The van der Waals surface area contributed by atoms with Gasteiger partial charge in [0, 0.05) is 44.6 Å². The zero-order valence-corrected chi connectivity index (χ0v) is 21.0. The van der Waals surface area contributed by atoms with Crippen molar-refractivity contribution in [1.82, 2.24) is 4.90 Å². The topological polar surface area (TPSA) is 79.3 Å². The van der Waals surface area contributed by atoms with Gasteiger partial charge in [0.05, 0.1) is 25.3 Å². The summed E-state index contributed by atoms with van der Waals surface area (Å²) >= 11 is 0. The molecule has 1 aliphatic rings. The molecule has 1 unspecified atom stereocenters. The zero-order valence-electron chi connectivity index (χ0n) is 21.0. The van der Waals surface area contributed by atoms with Gasteiger partial charge in [-0.3, -0.25) is 9.59 Å². The minimum atomic E-state index is -0.716. The minimum absolute atomic E-state index is 0.0729. The quantitative estimate of drug-likeness (QED) is 0.376. The molecule has 3 rings (SSSR count). The molecule has 1 heterocycles. The van der Waals surface area contributed by atoms with Crippen molar-refractivity contribution >= 4 is 23.1 Å². The van der Waals surface area contributed by atoms with Crippen molar-refractivity contribution < 1.29 is 24.2 Å². The second kappa shape index (κ2) is 9.89. The van der Waals surface area contributed by atoms with E-state index < -0.39 is 17.7 Å². The van der Waals surface area contributed by atoms with Crippen molar-refractivity contribution in [3.63, 3.8) is 0 Å². The first-order chi connectivity index (χ1) is 16.0. The molecule has 1 aliphatic heterocycles. The number of benzene rings is 2. The minimum Gasteiger partial charge on any atom is -0.507 e. The molecule has 1 amide bonds. The third-order valence-electron chi connectivity index (χ3n) is 6.08. The molecular weight excluding hydrogens is 432 g/mol. The number of ketones is 1. The molecule has 0 aromatic heterocycles. The van der Waals surface area contributed by atoms with Gasteiger partial charge in [-0.1, -0.05) is 32.9 Å². The number of Topliss-reactive ketones (excluding diaryl/α,β-unsaturated/α-hetero) is 1. The van der Waals surface area contributed by atoms with E-state index in [4.69, 9.17) is 9.47 Å². The van der Waals surface area contributed by atoms with E-state index in [1.807, 2.05) is 70.1 Å². The third-order valence-corrected chi connectivity index (χ3v) is 6.08. The van der Waals surface area contributed by atoms with Crippen LogP contribution in [0.25, 0.3) is 5.76 Å². The third kappa shape index (κ3) is 4.80. The van der Waals surface area contributed by atoms with Gasteiger partial charge in [0.25, 0.3) is 11.7 Å². The predicted octanol–water partition coefficient (Wildman–Crippen LogP) is 4.13. The molecule has 7 heteroatoms. The Morgan fingerprint density at radius 2 is 1.71 bits per heavy atom. The van der Waals surface area contributed by atoms with E-state index in [0.717, 1.165) is 16.8 Å². The number of carbonyl (C=O) groups is 2. The van der Waals surface area contributed by atoms with Gasteiger partial charge in [0.15, 0.2) is 0 Å². The number of aliphatic hydroxyl groups is 1. The number of likely N-dealkylation sites (tertiary alicyclic amines) is 1. The zero-order chi connectivity index (χ0) is 25.2. The smallest absolute Gasteiger partial charge is 0.295 e. The van der Waals surface area contributed by atoms with Crippen LogP contribution in [-0.2, 0) is 19.7 Å². The van der Waals surface area contributed by atoms with Crippen molar-refractivity contribution in [3.8, 4) is 5.75 Å². The Morgan fingerprint density at radius 1 is 1.06 bits per heavy atom. The Bertz CT molecular complexity index is 1100. The molecule has 1 atom stereocenters.